The highest BCUT2D eigenvalue weighted by Crippen LogP contribution is 2.10. The number of nitrogens with one attached hydrogen (secondary N) is 1. The van der Waals surface area contributed by atoms with Crippen molar-refractivity contribution in [1.29, 1.82) is 0 Å². The molecule has 1 amide bonds. The number of carbonyl (C=O) groups is 1. The van der Waals surface area contributed by atoms with Crippen molar-refractivity contribution in [2.45, 2.75) is 58.4 Å². The largest absolute Gasteiger partial charge is 0.354 e. The second-order valence-corrected chi connectivity index (χ2v) is 5.52. The maximum Gasteiger partial charge on any atom is 0.220 e. The molecule has 3 N–H and O–H groups in total. The zero-order chi connectivity index (χ0) is 15.0. The van der Waals surface area contributed by atoms with Gasteiger partial charge in [0, 0.05) is 18.5 Å². The van der Waals surface area contributed by atoms with Gasteiger partial charge in [0.2, 0.25) is 5.91 Å². The van der Waals surface area contributed by atoms with Gasteiger partial charge in [-0.15, -0.1) is 0 Å². The van der Waals surface area contributed by atoms with E-state index < -0.39 is 0 Å². The van der Waals surface area contributed by atoms with Crippen molar-refractivity contribution in [1.82, 2.24) is 5.32 Å². The standard InChI is InChI=1S/C17H28N2O/c1-4-14-7-9-15(10-8-14)11-12-16(20)19-13-17(18,5-2)6-3/h7-10H,4-6,11-13,18H2,1-3H3,(H,19,20). The third kappa shape index (κ3) is 5.33. The smallest absolute Gasteiger partial charge is 0.220 e. The van der Waals surface area contributed by atoms with Gasteiger partial charge in [-0.25, -0.2) is 0 Å². The lowest BCUT2D eigenvalue weighted by Gasteiger charge is -2.26. The molecule has 1 aromatic carbocycles. The lowest BCUT2D eigenvalue weighted by Crippen LogP contribution is -2.49. The Bertz CT molecular complexity index is 408. The molecule has 3 nitrogen and oxygen atoms in total. The Labute approximate surface area is 122 Å². The van der Waals surface area contributed by atoms with Crippen LogP contribution in [0.25, 0.3) is 0 Å². The maximum absolute atomic E-state index is 11.9. The average Bonchev–Trinajstić information content (AvgIpc) is 2.51. The summed E-state index contributed by atoms with van der Waals surface area (Å²) in [5, 5.41) is 2.95. The van der Waals surface area contributed by atoms with Crippen LogP contribution in [0.15, 0.2) is 24.3 Å². The van der Waals surface area contributed by atoms with Crippen LogP contribution in [0.2, 0.25) is 0 Å². The van der Waals surface area contributed by atoms with Crippen LogP contribution in [-0.2, 0) is 17.6 Å². The van der Waals surface area contributed by atoms with Crippen LogP contribution in [0, 0.1) is 0 Å². The zero-order valence-corrected chi connectivity index (χ0v) is 13.0. The Morgan fingerprint density at radius 2 is 1.65 bits per heavy atom. The van der Waals surface area contributed by atoms with Crippen molar-refractivity contribution in [2.24, 2.45) is 5.73 Å². The molecule has 0 fully saturated rings. The lowest BCUT2D eigenvalue weighted by molar-refractivity contribution is -0.121. The number of carbonyl (C=O) groups excluding carboxylic acids is 1. The van der Waals surface area contributed by atoms with E-state index in [0.717, 1.165) is 25.7 Å². The van der Waals surface area contributed by atoms with Crippen LogP contribution in [0.5, 0.6) is 0 Å². The van der Waals surface area contributed by atoms with Crippen molar-refractivity contribution in [2.75, 3.05) is 6.54 Å². The summed E-state index contributed by atoms with van der Waals surface area (Å²) >= 11 is 0. The molecule has 0 saturated carbocycles. The SMILES string of the molecule is CCc1ccc(CCC(=O)NCC(N)(CC)CC)cc1. The summed E-state index contributed by atoms with van der Waals surface area (Å²) in [5.41, 5.74) is 8.44. The molecule has 3 heteroatoms. The molecular weight excluding hydrogens is 248 g/mol. The summed E-state index contributed by atoms with van der Waals surface area (Å²) in [5.74, 6) is 0.0845. The Hall–Kier alpha value is -1.35. The Balaban J connectivity index is 2.35. The van der Waals surface area contributed by atoms with Gasteiger partial charge in [-0.2, -0.15) is 0 Å². The van der Waals surface area contributed by atoms with Gasteiger partial charge in [0.1, 0.15) is 0 Å². The summed E-state index contributed by atoms with van der Waals surface area (Å²) in [4.78, 5) is 11.9. The number of benzene rings is 1. The normalized spacial score (nSPS) is 11.4. The lowest BCUT2D eigenvalue weighted by atomic mass is 9.94. The fraction of sp³-hybridized carbons (Fsp3) is 0.588. The first-order valence-corrected chi connectivity index (χ1v) is 7.66. The van der Waals surface area contributed by atoms with Crippen molar-refractivity contribution in [3.05, 3.63) is 35.4 Å². The summed E-state index contributed by atoms with van der Waals surface area (Å²) in [7, 11) is 0. The van der Waals surface area contributed by atoms with Crippen molar-refractivity contribution in [3.8, 4) is 0 Å². The van der Waals surface area contributed by atoms with E-state index in [2.05, 4.69) is 50.4 Å². The monoisotopic (exact) mass is 276 g/mol. The highest BCUT2D eigenvalue weighted by Gasteiger charge is 2.20. The van der Waals surface area contributed by atoms with E-state index in [1.165, 1.54) is 11.1 Å². The molecule has 0 radical (unpaired) electrons. The van der Waals surface area contributed by atoms with Gasteiger partial charge in [-0.3, -0.25) is 4.79 Å². The molecule has 112 valence electrons. The summed E-state index contributed by atoms with van der Waals surface area (Å²) < 4.78 is 0. The van der Waals surface area contributed by atoms with Crippen LogP contribution in [0.3, 0.4) is 0 Å². The molecule has 0 aliphatic heterocycles. The fourth-order valence-corrected chi connectivity index (χ4v) is 2.06. The van der Waals surface area contributed by atoms with Gasteiger partial charge in [-0.05, 0) is 36.8 Å². The quantitative estimate of drug-likeness (QED) is 0.767. The van der Waals surface area contributed by atoms with Gasteiger partial charge in [0.05, 0.1) is 0 Å². The average molecular weight is 276 g/mol. The third-order valence-corrected chi connectivity index (χ3v) is 4.12. The first-order chi connectivity index (χ1) is 9.53. The van der Waals surface area contributed by atoms with Crippen LogP contribution < -0.4 is 11.1 Å². The third-order valence-electron chi connectivity index (χ3n) is 4.12. The molecule has 0 saturated heterocycles. The molecular formula is C17H28N2O. The molecule has 0 unspecified atom stereocenters. The van der Waals surface area contributed by atoms with E-state index >= 15 is 0 Å². The maximum atomic E-state index is 11.9. The topological polar surface area (TPSA) is 55.1 Å². The number of hydrogen-bond acceptors (Lipinski definition) is 2. The molecule has 0 aromatic heterocycles. The van der Waals surface area contributed by atoms with Crippen molar-refractivity contribution in [3.63, 3.8) is 0 Å². The predicted molar refractivity (Wildman–Crippen MR) is 84.7 cm³/mol. The highest BCUT2D eigenvalue weighted by atomic mass is 16.1. The van der Waals surface area contributed by atoms with Crippen molar-refractivity contribution < 1.29 is 4.79 Å². The van der Waals surface area contributed by atoms with E-state index in [1.54, 1.807) is 0 Å². The van der Waals surface area contributed by atoms with E-state index in [9.17, 15) is 4.79 Å². The molecule has 0 atom stereocenters. The van der Waals surface area contributed by atoms with E-state index in [0.29, 0.717) is 13.0 Å². The Morgan fingerprint density at radius 1 is 1.10 bits per heavy atom. The number of nitrogens with two attached hydrogens (primary N) is 1. The predicted octanol–water partition coefficient (Wildman–Crippen LogP) is 2.82. The van der Waals surface area contributed by atoms with Crippen LogP contribution in [0.4, 0.5) is 0 Å². The molecule has 0 aliphatic rings. The minimum absolute atomic E-state index is 0.0845. The van der Waals surface area contributed by atoms with Gasteiger partial charge in [0.15, 0.2) is 0 Å². The molecule has 0 heterocycles. The molecule has 0 spiro atoms. The van der Waals surface area contributed by atoms with Crippen LogP contribution in [0.1, 0.15) is 51.2 Å². The first kappa shape index (κ1) is 16.7. The van der Waals surface area contributed by atoms with Gasteiger partial charge in [0.25, 0.3) is 0 Å². The second kappa shape index (κ2) is 8.05. The van der Waals surface area contributed by atoms with E-state index in [-0.39, 0.29) is 11.4 Å². The van der Waals surface area contributed by atoms with Crippen LogP contribution >= 0.6 is 0 Å². The number of hydrogen-bond donors (Lipinski definition) is 2. The number of amides is 1. The summed E-state index contributed by atoms with van der Waals surface area (Å²) in [6.07, 6.45) is 4.11. The zero-order valence-electron chi connectivity index (χ0n) is 13.0. The number of aryl methyl sites for hydroxylation is 2. The van der Waals surface area contributed by atoms with Gasteiger partial charge < -0.3 is 11.1 Å². The molecule has 1 rings (SSSR count). The Kier molecular flexibility index (Phi) is 6.73. The van der Waals surface area contributed by atoms with E-state index in [4.69, 9.17) is 5.73 Å². The second-order valence-electron chi connectivity index (χ2n) is 5.52. The molecule has 20 heavy (non-hydrogen) atoms. The fourth-order valence-electron chi connectivity index (χ4n) is 2.06. The summed E-state index contributed by atoms with van der Waals surface area (Å²) in [6.45, 7) is 6.83. The van der Waals surface area contributed by atoms with Gasteiger partial charge in [-0.1, -0.05) is 45.0 Å². The minimum Gasteiger partial charge on any atom is -0.354 e. The Morgan fingerprint density at radius 3 is 2.15 bits per heavy atom. The van der Waals surface area contributed by atoms with E-state index in [1.807, 2.05) is 0 Å². The first-order valence-electron chi connectivity index (χ1n) is 7.66. The molecule has 0 bridgehead atoms. The highest BCUT2D eigenvalue weighted by molar-refractivity contribution is 5.76. The summed E-state index contributed by atoms with van der Waals surface area (Å²) in [6, 6.07) is 8.48. The minimum atomic E-state index is -0.265. The molecule has 1 aromatic rings. The van der Waals surface area contributed by atoms with Gasteiger partial charge >= 0.3 is 0 Å². The van der Waals surface area contributed by atoms with Crippen LogP contribution in [-0.4, -0.2) is 18.0 Å². The molecule has 0 aliphatic carbocycles. The van der Waals surface area contributed by atoms with Crippen molar-refractivity contribution >= 4 is 5.91 Å². The number of rotatable bonds is 8.